The Labute approximate surface area is 100 Å². The summed E-state index contributed by atoms with van der Waals surface area (Å²) in [5, 5.41) is 0. The van der Waals surface area contributed by atoms with Gasteiger partial charge in [0, 0.05) is 11.1 Å². The Morgan fingerprint density at radius 1 is 1.50 bits per heavy atom. The summed E-state index contributed by atoms with van der Waals surface area (Å²) in [7, 11) is 0. The molecule has 1 unspecified atom stereocenters. The Balaban J connectivity index is 2.27. The summed E-state index contributed by atoms with van der Waals surface area (Å²) >= 11 is 3.44. The minimum atomic E-state index is -0.0580. The number of imidazole rings is 1. The van der Waals surface area contributed by atoms with Crippen molar-refractivity contribution in [2.75, 3.05) is 13.2 Å². The normalized spacial score (nSPS) is 20.7. The fraction of sp³-hybridized carbons (Fsp3) is 0.364. The molecule has 2 aromatic rings. The molecule has 2 heterocycles. The van der Waals surface area contributed by atoms with E-state index >= 15 is 0 Å². The highest BCUT2D eigenvalue weighted by molar-refractivity contribution is 9.10. The molecule has 1 aromatic carbocycles. The minimum Gasteiger partial charge on any atom is -0.379 e. The number of nitrogens with one attached hydrogen (secondary N) is 1. The van der Waals surface area contributed by atoms with Gasteiger partial charge in [0.1, 0.15) is 0 Å². The molecule has 5 heteroatoms. The van der Waals surface area contributed by atoms with Crippen LogP contribution < -0.4 is 5.69 Å². The highest BCUT2D eigenvalue weighted by Crippen LogP contribution is 2.25. The highest BCUT2D eigenvalue weighted by atomic mass is 79.9. The van der Waals surface area contributed by atoms with Gasteiger partial charge < -0.3 is 9.72 Å². The smallest absolute Gasteiger partial charge is 0.326 e. The summed E-state index contributed by atoms with van der Waals surface area (Å²) in [6.45, 7) is 1.36. The van der Waals surface area contributed by atoms with Crippen LogP contribution in [0.4, 0.5) is 0 Å². The monoisotopic (exact) mass is 282 g/mol. The Kier molecular flexibility index (Phi) is 2.37. The summed E-state index contributed by atoms with van der Waals surface area (Å²) in [5.74, 6) is 0. The van der Waals surface area contributed by atoms with Crippen LogP contribution in [-0.2, 0) is 4.74 Å². The van der Waals surface area contributed by atoms with Gasteiger partial charge >= 0.3 is 5.69 Å². The van der Waals surface area contributed by atoms with E-state index < -0.39 is 0 Å². The molecule has 1 aliphatic rings. The summed E-state index contributed by atoms with van der Waals surface area (Å²) in [6, 6.07) is 5.98. The maximum Gasteiger partial charge on any atom is 0.326 e. The first kappa shape index (κ1) is 10.1. The zero-order chi connectivity index (χ0) is 11.1. The number of nitrogens with zero attached hydrogens (tertiary/aromatic N) is 1. The van der Waals surface area contributed by atoms with E-state index in [2.05, 4.69) is 20.9 Å². The lowest BCUT2D eigenvalue weighted by Crippen LogP contribution is -2.22. The molecule has 84 valence electrons. The average molecular weight is 283 g/mol. The van der Waals surface area contributed by atoms with Gasteiger partial charge in [0.25, 0.3) is 0 Å². The van der Waals surface area contributed by atoms with Crippen molar-refractivity contribution >= 4 is 27.0 Å². The van der Waals surface area contributed by atoms with Gasteiger partial charge in [-0.25, -0.2) is 4.79 Å². The Morgan fingerprint density at radius 2 is 2.38 bits per heavy atom. The van der Waals surface area contributed by atoms with E-state index in [1.165, 1.54) is 0 Å². The summed E-state index contributed by atoms with van der Waals surface area (Å²) < 4.78 is 8.04. The number of H-pyrrole nitrogens is 1. The number of ether oxygens (including phenoxy) is 1. The third-order valence-electron chi connectivity index (χ3n) is 2.97. The maximum absolute atomic E-state index is 11.9. The molecule has 1 saturated heterocycles. The SMILES string of the molecule is O=c1[nH]c2c(Br)cccc2n1C1CCOC1. The van der Waals surface area contributed by atoms with Crippen LogP contribution in [-0.4, -0.2) is 22.8 Å². The lowest BCUT2D eigenvalue weighted by atomic mass is 10.2. The number of hydrogen-bond acceptors (Lipinski definition) is 2. The number of halogens is 1. The Hall–Kier alpha value is -1.07. The number of benzene rings is 1. The molecule has 0 saturated carbocycles. The van der Waals surface area contributed by atoms with Crippen LogP contribution in [0.1, 0.15) is 12.5 Å². The molecule has 0 amide bonds. The molecule has 0 spiro atoms. The van der Waals surface area contributed by atoms with Gasteiger partial charge in [0.15, 0.2) is 0 Å². The Bertz CT molecular complexity index is 581. The van der Waals surface area contributed by atoms with Crippen LogP contribution in [0.3, 0.4) is 0 Å². The molecule has 1 aromatic heterocycles. The standard InChI is InChI=1S/C11H11BrN2O2/c12-8-2-1-3-9-10(8)13-11(15)14(9)7-4-5-16-6-7/h1-3,7H,4-6H2,(H,13,15). The first-order valence-corrected chi connectivity index (χ1v) is 6.03. The number of para-hydroxylation sites is 1. The predicted octanol–water partition coefficient (Wildman–Crippen LogP) is 2.05. The van der Waals surface area contributed by atoms with Crippen LogP contribution >= 0.6 is 15.9 Å². The van der Waals surface area contributed by atoms with E-state index in [4.69, 9.17) is 4.74 Å². The van der Waals surface area contributed by atoms with Crippen LogP contribution in [0.2, 0.25) is 0 Å². The summed E-state index contributed by atoms with van der Waals surface area (Å²) in [6.07, 6.45) is 0.902. The second kappa shape index (κ2) is 3.75. The van der Waals surface area contributed by atoms with E-state index in [-0.39, 0.29) is 11.7 Å². The van der Waals surface area contributed by atoms with Crippen LogP contribution in [0.5, 0.6) is 0 Å². The van der Waals surface area contributed by atoms with E-state index in [1.54, 1.807) is 4.57 Å². The molecule has 1 fully saturated rings. The van der Waals surface area contributed by atoms with E-state index in [0.717, 1.165) is 28.5 Å². The third-order valence-corrected chi connectivity index (χ3v) is 3.63. The van der Waals surface area contributed by atoms with Crippen molar-refractivity contribution < 1.29 is 4.74 Å². The van der Waals surface area contributed by atoms with Crippen LogP contribution in [0.15, 0.2) is 27.5 Å². The fourth-order valence-corrected chi connectivity index (χ4v) is 2.66. The first-order valence-electron chi connectivity index (χ1n) is 5.24. The number of rotatable bonds is 1. The molecule has 0 aliphatic carbocycles. The topological polar surface area (TPSA) is 47.0 Å². The van der Waals surface area contributed by atoms with Gasteiger partial charge in [-0.05, 0) is 34.5 Å². The molecule has 1 N–H and O–H groups in total. The molecule has 0 radical (unpaired) electrons. The molecular weight excluding hydrogens is 272 g/mol. The Morgan fingerprint density at radius 3 is 3.12 bits per heavy atom. The average Bonchev–Trinajstić information content (AvgIpc) is 2.85. The van der Waals surface area contributed by atoms with Gasteiger partial charge in [-0.15, -0.1) is 0 Å². The van der Waals surface area contributed by atoms with E-state index in [1.807, 2.05) is 18.2 Å². The number of fused-ring (bicyclic) bond motifs is 1. The first-order chi connectivity index (χ1) is 7.77. The van der Waals surface area contributed by atoms with Gasteiger partial charge in [0.05, 0.1) is 23.7 Å². The molecule has 1 aliphatic heterocycles. The predicted molar refractivity (Wildman–Crippen MR) is 64.7 cm³/mol. The summed E-state index contributed by atoms with van der Waals surface area (Å²) in [5.41, 5.74) is 1.74. The van der Waals surface area contributed by atoms with Crippen molar-refractivity contribution in [3.05, 3.63) is 33.2 Å². The van der Waals surface area contributed by atoms with Crippen LogP contribution in [0.25, 0.3) is 11.0 Å². The quantitative estimate of drug-likeness (QED) is 0.870. The van der Waals surface area contributed by atoms with E-state index in [9.17, 15) is 4.79 Å². The minimum absolute atomic E-state index is 0.0580. The summed E-state index contributed by atoms with van der Waals surface area (Å²) in [4.78, 5) is 14.8. The molecule has 16 heavy (non-hydrogen) atoms. The van der Waals surface area contributed by atoms with Crippen molar-refractivity contribution in [1.82, 2.24) is 9.55 Å². The second-order valence-electron chi connectivity index (χ2n) is 3.95. The van der Waals surface area contributed by atoms with Crippen LogP contribution in [0, 0.1) is 0 Å². The molecule has 1 atom stereocenters. The van der Waals surface area contributed by atoms with E-state index in [0.29, 0.717) is 6.61 Å². The lowest BCUT2D eigenvalue weighted by Gasteiger charge is -2.09. The molecule has 4 nitrogen and oxygen atoms in total. The van der Waals surface area contributed by atoms with Gasteiger partial charge in [-0.3, -0.25) is 4.57 Å². The zero-order valence-corrected chi connectivity index (χ0v) is 10.2. The zero-order valence-electron chi connectivity index (χ0n) is 8.57. The van der Waals surface area contributed by atoms with Crippen molar-refractivity contribution in [2.45, 2.75) is 12.5 Å². The van der Waals surface area contributed by atoms with Gasteiger partial charge in [0.2, 0.25) is 0 Å². The van der Waals surface area contributed by atoms with Crippen molar-refractivity contribution in [3.63, 3.8) is 0 Å². The van der Waals surface area contributed by atoms with Crippen molar-refractivity contribution in [2.24, 2.45) is 0 Å². The third kappa shape index (κ3) is 1.43. The number of aromatic amines is 1. The van der Waals surface area contributed by atoms with Crippen molar-refractivity contribution in [1.29, 1.82) is 0 Å². The van der Waals surface area contributed by atoms with Gasteiger partial charge in [-0.1, -0.05) is 6.07 Å². The molecule has 3 rings (SSSR count). The second-order valence-corrected chi connectivity index (χ2v) is 4.81. The number of aromatic nitrogens is 2. The highest BCUT2D eigenvalue weighted by Gasteiger charge is 2.22. The van der Waals surface area contributed by atoms with Crippen molar-refractivity contribution in [3.8, 4) is 0 Å². The fourth-order valence-electron chi connectivity index (χ4n) is 2.20. The largest absolute Gasteiger partial charge is 0.379 e. The molecule has 0 bridgehead atoms. The lowest BCUT2D eigenvalue weighted by molar-refractivity contribution is 0.186. The number of hydrogen-bond donors (Lipinski definition) is 1. The maximum atomic E-state index is 11.9. The molecular formula is C11H11BrN2O2. The van der Waals surface area contributed by atoms with Gasteiger partial charge in [-0.2, -0.15) is 0 Å².